The quantitative estimate of drug-likeness (QED) is 0.854. The van der Waals surface area contributed by atoms with Crippen LogP contribution in [0.4, 0.5) is 0 Å². The van der Waals surface area contributed by atoms with Gasteiger partial charge in [-0.15, -0.1) is 0 Å². The topological polar surface area (TPSA) is 58.6 Å². The Morgan fingerprint density at radius 3 is 2.71 bits per heavy atom. The van der Waals surface area contributed by atoms with Crippen molar-refractivity contribution < 1.29 is 14.3 Å². The van der Waals surface area contributed by atoms with E-state index < -0.39 is 5.54 Å². The molecule has 118 valence electrons. The summed E-state index contributed by atoms with van der Waals surface area (Å²) in [4.78, 5) is 27.5. The Labute approximate surface area is 126 Å². The van der Waals surface area contributed by atoms with Crippen molar-refractivity contribution in [2.24, 2.45) is 5.92 Å². The van der Waals surface area contributed by atoms with Crippen LogP contribution >= 0.6 is 0 Å². The zero-order valence-electron chi connectivity index (χ0n) is 12.9. The molecule has 5 heteroatoms. The molecule has 3 fully saturated rings. The largest absolute Gasteiger partial charge is 0.381 e. The highest BCUT2D eigenvalue weighted by Crippen LogP contribution is 2.36. The zero-order chi connectivity index (χ0) is 14.9. The summed E-state index contributed by atoms with van der Waals surface area (Å²) in [5.74, 6) is 0.597. The summed E-state index contributed by atoms with van der Waals surface area (Å²) in [6.45, 7) is 4.24. The minimum Gasteiger partial charge on any atom is -0.381 e. The van der Waals surface area contributed by atoms with E-state index in [0.717, 1.165) is 58.2 Å². The highest BCUT2D eigenvalue weighted by molar-refractivity contribution is 6.00. The van der Waals surface area contributed by atoms with Crippen molar-refractivity contribution in [1.29, 1.82) is 0 Å². The van der Waals surface area contributed by atoms with Gasteiger partial charge in [0.2, 0.25) is 11.8 Å². The van der Waals surface area contributed by atoms with Gasteiger partial charge in [0.1, 0.15) is 11.6 Å². The van der Waals surface area contributed by atoms with Gasteiger partial charge in [0.15, 0.2) is 0 Å². The number of amides is 2. The molecule has 2 amide bonds. The predicted octanol–water partition coefficient (Wildman–Crippen LogP) is 1.46. The molecule has 1 spiro atoms. The van der Waals surface area contributed by atoms with Crippen LogP contribution in [0.5, 0.6) is 0 Å². The molecule has 2 saturated heterocycles. The molecule has 0 aromatic rings. The van der Waals surface area contributed by atoms with E-state index in [9.17, 15) is 9.59 Å². The summed E-state index contributed by atoms with van der Waals surface area (Å²) >= 11 is 0. The van der Waals surface area contributed by atoms with E-state index in [-0.39, 0.29) is 17.9 Å². The molecule has 2 heterocycles. The van der Waals surface area contributed by atoms with Crippen LogP contribution in [0, 0.1) is 5.92 Å². The smallest absolute Gasteiger partial charge is 0.249 e. The monoisotopic (exact) mass is 294 g/mol. The van der Waals surface area contributed by atoms with Crippen LogP contribution in [0.3, 0.4) is 0 Å². The van der Waals surface area contributed by atoms with E-state index in [1.807, 2.05) is 4.90 Å². The van der Waals surface area contributed by atoms with Gasteiger partial charge in [0.05, 0.1) is 6.61 Å². The van der Waals surface area contributed by atoms with E-state index in [1.54, 1.807) is 0 Å². The summed E-state index contributed by atoms with van der Waals surface area (Å²) < 4.78 is 5.43. The summed E-state index contributed by atoms with van der Waals surface area (Å²) in [7, 11) is 0. The van der Waals surface area contributed by atoms with Gasteiger partial charge in [-0.1, -0.05) is 26.2 Å². The number of carbonyl (C=O) groups excluding carboxylic acids is 2. The first kappa shape index (κ1) is 14.8. The van der Waals surface area contributed by atoms with Gasteiger partial charge in [0, 0.05) is 19.1 Å². The summed E-state index contributed by atoms with van der Waals surface area (Å²) in [6, 6.07) is -0.283. The van der Waals surface area contributed by atoms with Crippen molar-refractivity contribution >= 4 is 11.8 Å². The number of rotatable bonds is 4. The standard InChI is InChI=1S/C16H26N2O3/c1-2-5-13-14(19)17-16(7-3-4-8-16)15(20)18(13)10-12-6-9-21-11-12/h12-13H,2-11H2,1H3,(H,17,19). The fourth-order valence-electron chi connectivity index (χ4n) is 4.02. The third-order valence-corrected chi connectivity index (χ3v) is 5.21. The molecule has 1 saturated carbocycles. The molecular formula is C16H26N2O3. The van der Waals surface area contributed by atoms with Gasteiger partial charge in [-0.2, -0.15) is 0 Å². The van der Waals surface area contributed by atoms with Gasteiger partial charge >= 0.3 is 0 Å². The van der Waals surface area contributed by atoms with Crippen molar-refractivity contribution in [1.82, 2.24) is 10.2 Å². The van der Waals surface area contributed by atoms with E-state index in [4.69, 9.17) is 4.74 Å². The Morgan fingerprint density at radius 1 is 1.33 bits per heavy atom. The number of carbonyl (C=O) groups is 2. The molecule has 3 rings (SSSR count). The summed E-state index contributed by atoms with van der Waals surface area (Å²) in [5.41, 5.74) is -0.596. The second kappa shape index (κ2) is 5.95. The van der Waals surface area contributed by atoms with Gasteiger partial charge in [-0.25, -0.2) is 0 Å². The number of ether oxygens (including phenoxy) is 1. The predicted molar refractivity (Wildman–Crippen MR) is 78.7 cm³/mol. The third kappa shape index (κ3) is 2.68. The fourth-order valence-corrected chi connectivity index (χ4v) is 4.02. The Kier molecular flexibility index (Phi) is 4.20. The molecule has 5 nitrogen and oxygen atoms in total. The lowest BCUT2D eigenvalue weighted by molar-refractivity contribution is -0.156. The molecule has 1 N–H and O–H groups in total. The molecule has 3 aliphatic rings. The van der Waals surface area contributed by atoms with Crippen LogP contribution in [0.1, 0.15) is 51.9 Å². The van der Waals surface area contributed by atoms with Crippen LogP contribution in [-0.4, -0.2) is 48.1 Å². The van der Waals surface area contributed by atoms with Crippen LogP contribution in [0.25, 0.3) is 0 Å². The van der Waals surface area contributed by atoms with Crippen LogP contribution in [0.15, 0.2) is 0 Å². The Hall–Kier alpha value is -1.10. The number of hydrogen-bond acceptors (Lipinski definition) is 3. The van der Waals surface area contributed by atoms with Gasteiger partial charge in [0.25, 0.3) is 0 Å². The maximum absolute atomic E-state index is 13.0. The van der Waals surface area contributed by atoms with E-state index in [0.29, 0.717) is 12.5 Å². The molecule has 2 atom stereocenters. The van der Waals surface area contributed by atoms with Crippen LogP contribution in [0.2, 0.25) is 0 Å². The lowest BCUT2D eigenvalue weighted by Crippen LogP contribution is -2.69. The number of hydrogen-bond donors (Lipinski definition) is 1. The van der Waals surface area contributed by atoms with Crippen molar-refractivity contribution in [3.63, 3.8) is 0 Å². The van der Waals surface area contributed by atoms with Crippen LogP contribution in [-0.2, 0) is 14.3 Å². The van der Waals surface area contributed by atoms with Gasteiger partial charge in [-0.3, -0.25) is 9.59 Å². The molecule has 0 aromatic heterocycles. The average molecular weight is 294 g/mol. The number of piperazine rings is 1. The third-order valence-electron chi connectivity index (χ3n) is 5.21. The molecular weight excluding hydrogens is 268 g/mol. The van der Waals surface area contributed by atoms with Gasteiger partial charge in [-0.05, 0) is 25.7 Å². The zero-order valence-corrected chi connectivity index (χ0v) is 12.9. The second-order valence-corrected chi connectivity index (χ2v) is 6.77. The van der Waals surface area contributed by atoms with Crippen molar-refractivity contribution in [3.8, 4) is 0 Å². The first-order chi connectivity index (χ1) is 10.2. The van der Waals surface area contributed by atoms with E-state index >= 15 is 0 Å². The maximum atomic E-state index is 13.0. The summed E-state index contributed by atoms with van der Waals surface area (Å²) in [6.07, 6.45) is 6.33. The first-order valence-corrected chi connectivity index (χ1v) is 8.37. The second-order valence-electron chi connectivity index (χ2n) is 6.77. The lowest BCUT2D eigenvalue weighted by atomic mass is 9.88. The molecule has 1 aliphatic carbocycles. The van der Waals surface area contributed by atoms with Crippen molar-refractivity contribution in [2.75, 3.05) is 19.8 Å². The van der Waals surface area contributed by atoms with Crippen LogP contribution < -0.4 is 5.32 Å². The van der Waals surface area contributed by atoms with Gasteiger partial charge < -0.3 is 15.0 Å². The normalized spacial score (nSPS) is 32.0. The lowest BCUT2D eigenvalue weighted by Gasteiger charge is -2.45. The molecule has 0 aromatic carbocycles. The fraction of sp³-hybridized carbons (Fsp3) is 0.875. The summed E-state index contributed by atoms with van der Waals surface area (Å²) in [5, 5.41) is 3.07. The minimum atomic E-state index is -0.596. The molecule has 21 heavy (non-hydrogen) atoms. The number of nitrogens with one attached hydrogen (secondary N) is 1. The maximum Gasteiger partial charge on any atom is 0.249 e. The molecule has 0 radical (unpaired) electrons. The van der Waals surface area contributed by atoms with E-state index in [2.05, 4.69) is 12.2 Å². The van der Waals surface area contributed by atoms with Crippen molar-refractivity contribution in [3.05, 3.63) is 0 Å². The highest BCUT2D eigenvalue weighted by atomic mass is 16.5. The first-order valence-electron chi connectivity index (χ1n) is 8.37. The minimum absolute atomic E-state index is 0.0530. The number of nitrogens with zero attached hydrogens (tertiary/aromatic N) is 1. The Bertz CT molecular complexity index is 412. The Balaban J connectivity index is 1.81. The average Bonchev–Trinajstić information content (AvgIpc) is 3.12. The highest BCUT2D eigenvalue weighted by Gasteiger charge is 2.52. The van der Waals surface area contributed by atoms with E-state index in [1.165, 1.54) is 0 Å². The SMILES string of the molecule is CCCC1C(=O)NC2(CCCC2)C(=O)N1CC1CCOC1. The molecule has 2 aliphatic heterocycles. The Morgan fingerprint density at radius 2 is 2.10 bits per heavy atom. The molecule has 0 bridgehead atoms. The van der Waals surface area contributed by atoms with Crippen molar-refractivity contribution in [2.45, 2.75) is 63.5 Å². The molecule has 2 unspecified atom stereocenters.